The largest absolute Gasteiger partial charge is 0.490 e. The Labute approximate surface area is 243 Å². The van der Waals surface area contributed by atoms with Crippen molar-refractivity contribution in [3.8, 4) is 23.0 Å². The number of halogens is 2. The topological polar surface area (TPSA) is 103 Å². The summed E-state index contributed by atoms with van der Waals surface area (Å²) >= 11 is 13.3. The first-order chi connectivity index (χ1) is 19.3. The molecule has 1 N–H and O–H groups in total. The van der Waals surface area contributed by atoms with Crippen molar-refractivity contribution >= 4 is 63.8 Å². The predicted molar refractivity (Wildman–Crippen MR) is 152 cm³/mol. The highest BCUT2D eigenvalue weighted by Gasteiger charge is 2.36. The molecule has 2 aliphatic rings. The van der Waals surface area contributed by atoms with Gasteiger partial charge in [0.25, 0.3) is 17.1 Å². The molecule has 2 heterocycles. The van der Waals surface area contributed by atoms with Crippen LogP contribution in [0.25, 0.3) is 6.08 Å². The maximum absolute atomic E-state index is 13.1. The Bertz CT molecular complexity index is 1530. The molecule has 9 nitrogen and oxygen atoms in total. The summed E-state index contributed by atoms with van der Waals surface area (Å²) in [7, 11) is 0. The fourth-order valence-corrected chi connectivity index (χ4v) is 5.17. The van der Waals surface area contributed by atoms with Crippen molar-refractivity contribution in [2.75, 3.05) is 25.3 Å². The summed E-state index contributed by atoms with van der Waals surface area (Å²) in [6.07, 6.45) is 1.60. The maximum atomic E-state index is 13.1. The van der Waals surface area contributed by atoms with Crippen LogP contribution in [-0.4, -0.2) is 42.0 Å². The molecular formula is C28H22Cl2N2O7S. The van der Waals surface area contributed by atoms with Crippen molar-refractivity contribution in [1.29, 1.82) is 0 Å². The van der Waals surface area contributed by atoms with Gasteiger partial charge in [-0.15, -0.1) is 0 Å². The van der Waals surface area contributed by atoms with Crippen molar-refractivity contribution in [3.63, 3.8) is 0 Å². The van der Waals surface area contributed by atoms with Crippen LogP contribution >= 0.6 is 35.0 Å². The zero-order valence-electron chi connectivity index (χ0n) is 21.1. The van der Waals surface area contributed by atoms with Gasteiger partial charge in [0.1, 0.15) is 0 Å². The van der Waals surface area contributed by atoms with Crippen molar-refractivity contribution in [2.45, 2.75) is 13.5 Å². The van der Waals surface area contributed by atoms with Crippen molar-refractivity contribution in [3.05, 3.63) is 80.7 Å². The van der Waals surface area contributed by atoms with Crippen LogP contribution < -0.4 is 24.3 Å². The van der Waals surface area contributed by atoms with Gasteiger partial charge in [-0.05, 0) is 66.2 Å². The highest BCUT2D eigenvalue weighted by atomic mass is 35.5. The zero-order chi connectivity index (χ0) is 28.2. The number of imide groups is 1. The summed E-state index contributed by atoms with van der Waals surface area (Å²) in [6.45, 7) is 1.96. The third-order valence-corrected chi connectivity index (χ3v) is 7.40. The zero-order valence-corrected chi connectivity index (χ0v) is 23.4. The van der Waals surface area contributed by atoms with Crippen LogP contribution in [-0.2, 0) is 16.1 Å². The molecule has 0 aliphatic carbocycles. The Morgan fingerprint density at radius 3 is 2.58 bits per heavy atom. The molecule has 206 valence electrons. The summed E-state index contributed by atoms with van der Waals surface area (Å²) in [6, 6.07) is 15.2. The summed E-state index contributed by atoms with van der Waals surface area (Å²) in [5.74, 6) is 0.914. The Hall–Kier alpha value is -3.86. The van der Waals surface area contributed by atoms with E-state index in [2.05, 4.69) is 5.32 Å². The monoisotopic (exact) mass is 600 g/mol. The van der Waals surface area contributed by atoms with Crippen LogP contribution in [0.15, 0.2) is 59.5 Å². The molecule has 40 heavy (non-hydrogen) atoms. The average molecular weight is 601 g/mol. The van der Waals surface area contributed by atoms with E-state index in [1.165, 1.54) is 0 Å². The van der Waals surface area contributed by atoms with Gasteiger partial charge >= 0.3 is 0 Å². The van der Waals surface area contributed by atoms with Crippen LogP contribution in [0.4, 0.5) is 10.5 Å². The lowest BCUT2D eigenvalue weighted by molar-refractivity contribution is -0.123. The van der Waals surface area contributed by atoms with Crippen molar-refractivity contribution in [2.24, 2.45) is 0 Å². The van der Waals surface area contributed by atoms with E-state index in [0.717, 1.165) is 16.7 Å². The predicted octanol–water partition coefficient (Wildman–Crippen LogP) is 6.37. The highest BCUT2D eigenvalue weighted by molar-refractivity contribution is 8.18. The van der Waals surface area contributed by atoms with Gasteiger partial charge in [-0.25, -0.2) is 0 Å². The number of hydrogen-bond acceptors (Lipinski definition) is 8. The first-order valence-electron chi connectivity index (χ1n) is 12.1. The molecule has 1 fully saturated rings. The minimum absolute atomic E-state index is 0.00922. The van der Waals surface area contributed by atoms with E-state index in [1.807, 2.05) is 6.92 Å². The van der Waals surface area contributed by atoms with Gasteiger partial charge in [0.15, 0.2) is 29.6 Å². The summed E-state index contributed by atoms with van der Waals surface area (Å²) in [5.41, 5.74) is 1.66. The fraction of sp³-hybridized carbons (Fsp3) is 0.179. The van der Waals surface area contributed by atoms with Gasteiger partial charge < -0.3 is 24.3 Å². The number of anilines is 1. The fourth-order valence-electron chi connectivity index (χ4n) is 3.93. The third kappa shape index (κ3) is 6.14. The second-order valence-electron chi connectivity index (χ2n) is 8.52. The molecule has 0 bridgehead atoms. The number of carbonyl (C=O) groups is 3. The third-order valence-electron chi connectivity index (χ3n) is 5.82. The number of ether oxygens (including phenoxy) is 4. The molecule has 3 aromatic rings. The second-order valence-corrected chi connectivity index (χ2v) is 10.3. The Kier molecular flexibility index (Phi) is 8.39. The molecule has 1 saturated heterocycles. The lowest BCUT2D eigenvalue weighted by atomic mass is 10.1. The number of para-hydroxylation sites is 1. The van der Waals surface area contributed by atoms with Crippen LogP contribution in [0.3, 0.4) is 0 Å². The number of nitrogens with one attached hydrogen (secondary N) is 1. The molecule has 0 aromatic heterocycles. The highest BCUT2D eigenvalue weighted by Crippen LogP contribution is 2.40. The molecular weight excluding hydrogens is 579 g/mol. The van der Waals surface area contributed by atoms with Gasteiger partial charge in [-0.3, -0.25) is 19.3 Å². The minimum Gasteiger partial charge on any atom is -0.490 e. The molecule has 0 atom stereocenters. The van der Waals surface area contributed by atoms with Crippen LogP contribution in [0, 0.1) is 0 Å². The molecule has 0 radical (unpaired) electrons. The first-order valence-corrected chi connectivity index (χ1v) is 13.7. The van der Waals surface area contributed by atoms with Gasteiger partial charge in [0.2, 0.25) is 6.79 Å². The Balaban J connectivity index is 1.27. The van der Waals surface area contributed by atoms with Gasteiger partial charge in [-0.2, -0.15) is 0 Å². The minimum atomic E-state index is -0.446. The number of amides is 3. The normalized spacial score (nSPS) is 15.1. The molecule has 3 aromatic carbocycles. The molecule has 0 spiro atoms. The summed E-state index contributed by atoms with van der Waals surface area (Å²) < 4.78 is 22.1. The van der Waals surface area contributed by atoms with Gasteiger partial charge in [0, 0.05) is 11.1 Å². The van der Waals surface area contributed by atoms with E-state index in [0.29, 0.717) is 56.5 Å². The number of benzene rings is 3. The summed E-state index contributed by atoms with van der Waals surface area (Å²) in [4.78, 5) is 39.5. The molecule has 0 saturated carbocycles. The van der Waals surface area contributed by atoms with Gasteiger partial charge in [0.05, 0.1) is 28.8 Å². The van der Waals surface area contributed by atoms with E-state index in [9.17, 15) is 14.4 Å². The van der Waals surface area contributed by atoms with Crippen LogP contribution in [0.1, 0.15) is 18.1 Å². The lowest BCUT2D eigenvalue weighted by Crippen LogP contribution is -2.27. The van der Waals surface area contributed by atoms with E-state index < -0.39 is 17.1 Å². The second kappa shape index (κ2) is 12.1. The van der Waals surface area contributed by atoms with Crippen LogP contribution in [0.5, 0.6) is 23.0 Å². The Morgan fingerprint density at radius 1 is 1.02 bits per heavy atom. The maximum Gasteiger partial charge on any atom is 0.293 e. The number of nitrogens with zero attached hydrogens (tertiary/aromatic N) is 1. The van der Waals surface area contributed by atoms with E-state index >= 15 is 0 Å². The number of carbonyl (C=O) groups excluding carboxylic acids is 3. The standard InChI is InChI=1S/C28H22Cl2N2O7S/c1-2-36-22-9-16(7-8-21(22)37-14-26(33)31-20-6-4-3-5-18(20)29)10-25-27(34)32(28(35)40-25)13-17-11-23-24(12-19(17)30)39-15-38-23/h3-12H,2,13-15H2,1H3,(H,31,33)/b25-10-. The molecule has 3 amide bonds. The smallest absolute Gasteiger partial charge is 0.293 e. The number of rotatable bonds is 9. The van der Waals surface area contributed by atoms with E-state index in [1.54, 1.807) is 60.7 Å². The molecule has 2 aliphatic heterocycles. The molecule has 5 rings (SSSR count). The first kappa shape index (κ1) is 27.7. The van der Waals surface area contributed by atoms with Gasteiger partial charge in [-0.1, -0.05) is 41.4 Å². The van der Waals surface area contributed by atoms with E-state index in [-0.39, 0.29) is 24.8 Å². The van der Waals surface area contributed by atoms with Crippen LogP contribution in [0.2, 0.25) is 10.0 Å². The SMILES string of the molecule is CCOc1cc(/C=C2\SC(=O)N(Cc3cc4c(cc3Cl)OCO4)C2=O)ccc1OCC(=O)Nc1ccccc1Cl. The number of fused-ring (bicyclic) bond motifs is 1. The lowest BCUT2D eigenvalue weighted by Gasteiger charge is -2.14. The number of thioether (sulfide) groups is 1. The van der Waals surface area contributed by atoms with E-state index in [4.69, 9.17) is 42.1 Å². The number of hydrogen-bond donors (Lipinski definition) is 1. The molecule has 0 unspecified atom stereocenters. The Morgan fingerprint density at radius 2 is 1.80 bits per heavy atom. The quantitative estimate of drug-likeness (QED) is 0.282. The molecule has 12 heteroatoms. The van der Waals surface area contributed by atoms with Crippen molar-refractivity contribution < 1.29 is 33.3 Å². The van der Waals surface area contributed by atoms with Crippen molar-refractivity contribution in [1.82, 2.24) is 4.90 Å². The average Bonchev–Trinajstić information content (AvgIpc) is 3.48. The summed E-state index contributed by atoms with van der Waals surface area (Å²) in [5, 5.41) is 3.06.